The first-order valence-corrected chi connectivity index (χ1v) is 13.9. The van der Waals surface area contributed by atoms with Crippen LogP contribution in [-0.2, 0) is 16.6 Å². The molecule has 0 amide bonds. The van der Waals surface area contributed by atoms with Crippen molar-refractivity contribution in [1.29, 1.82) is 0 Å². The Kier molecular flexibility index (Phi) is 6.46. The lowest BCUT2D eigenvalue weighted by molar-refractivity contribution is -0.127. The number of fused-ring (bicyclic) bond motifs is 2. The third kappa shape index (κ3) is 4.20. The Balaban J connectivity index is 1.43. The van der Waals surface area contributed by atoms with Crippen LogP contribution >= 0.6 is 0 Å². The largest absolute Gasteiger partial charge is 0.354 e. The van der Waals surface area contributed by atoms with Crippen LogP contribution in [0, 0.1) is 0 Å². The Bertz CT molecular complexity index is 1110. The minimum atomic E-state index is -0.462. The number of nitrogens with one attached hydrogen (secondary N) is 1. The lowest BCUT2D eigenvalue weighted by atomic mass is 9.64. The second-order valence-electron chi connectivity index (χ2n) is 11.2. The number of piperazine rings is 1. The molecule has 0 unspecified atom stereocenters. The van der Waals surface area contributed by atoms with Gasteiger partial charge in [-0.3, -0.25) is 4.79 Å². The summed E-state index contributed by atoms with van der Waals surface area (Å²) in [5.41, 5.74) is 1.47. The Morgan fingerprint density at radius 3 is 2.64 bits per heavy atom. The van der Waals surface area contributed by atoms with Gasteiger partial charge in [0, 0.05) is 63.4 Å². The summed E-state index contributed by atoms with van der Waals surface area (Å²) in [5, 5.41) is 8.10. The van der Waals surface area contributed by atoms with Gasteiger partial charge in [-0.15, -0.1) is 0 Å². The monoisotopic (exact) mass is 493 g/mol. The van der Waals surface area contributed by atoms with E-state index in [1.165, 1.54) is 0 Å². The molecule has 36 heavy (non-hydrogen) atoms. The van der Waals surface area contributed by atoms with E-state index in [4.69, 9.17) is 14.5 Å². The molecule has 9 nitrogen and oxygen atoms in total. The first kappa shape index (κ1) is 23.9. The Morgan fingerprint density at radius 1 is 1.00 bits per heavy atom. The number of carbonyl (C=O) groups is 1. The first-order valence-electron chi connectivity index (χ1n) is 13.9. The number of Topliss-reactive ketones (excluding diaryl/α,β-unsaturated/α-hetero) is 1. The highest BCUT2D eigenvalue weighted by atomic mass is 16.5. The number of hydrogen-bond acceptors (Lipinski definition) is 9. The van der Waals surface area contributed by atoms with E-state index < -0.39 is 5.41 Å². The van der Waals surface area contributed by atoms with Crippen molar-refractivity contribution in [3.8, 4) is 11.6 Å². The summed E-state index contributed by atoms with van der Waals surface area (Å²) >= 11 is 0. The van der Waals surface area contributed by atoms with Crippen molar-refractivity contribution in [3.63, 3.8) is 0 Å². The van der Waals surface area contributed by atoms with Crippen LogP contribution in [0.1, 0.15) is 63.1 Å². The average Bonchev–Trinajstić information content (AvgIpc) is 3.22. The van der Waals surface area contributed by atoms with Crippen molar-refractivity contribution in [3.05, 3.63) is 17.3 Å². The number of anilines is 2. The molecule has 2 saturated heterocycles. The maximum atomic E-state index is 13.2. The van der Waals surface area contributed by atoms with Gasteiger partial charge in [-0.2, -0.15) is 0 Å². The molecular formula is C27H39N7O2. The zero-order chi connectivity index (χ0) is 24.7. The fraction of sp³-hybridized carbons (Fsp3) is 0.704. The standard InChI is InChI=1S/C27H39N7O2/c1-19-18-28-11-6-12-34(19)23-17-22(33-15-13-32(2)14-16-33)29-26(30-23)24-20-7-5-10-27(25(20)31-36-24)9-4-3-8-21(27)35/h17,19,28H,3-16,18H2,1-2H3/t19-,27+/m0/s1. The molecule has 0 aromatic carbocycles. The minimum Gasteiger partial charge on any atom is -0.354 e. The number of ketones is 1. The number of aromatic nitrogens is 3. The van der Waals surface area contributed by atoms with Crippen molar-refractivity contribution in [2.75, 3.05) is 62.7 Å². The van der Waals surface area contributed by atoms with Crippen LogP contribution in [0.5, 0.6) is 0 Å². The van der Waals surface area contributed by atoms with Gasteiger partial charge in [-0.1, -0.05) is 11.6 Å². The van der Waals surface area contributed by atoms with Gasteiger partial charge in [0.2, 0.25) is 11.6 Å². The van der Waals surface area contributed by atoms with Crippen LogP contribution in [0.2, 0.25) is 0 Å². The van der Waals surface area contributed by atoms with E-state index in [1.54, 1.807) is 0 Å². The van der Waals surface area contributed by atoms with Crippen molar-refractivity contribution in [2.45, 2.75) is 69.7 Å². The molecule has 3 fully saturated rings. The van der Waals surface area contributed by atoms with E-state index in [2.05, 4.69) is 45.2 Å². The van der Waals surface area contributed by atoms with Crippen molar-refractivity contribution >= 4 is 17.4 Å². The fourth-order valence-electron chi connectivity index (χ4n) is 6.61. The quantitative estimate of drug-likeness (QED) is 0.693. The van der Waals surface area contributed by atoms with E-state index in [9.17, 15) is 4.79 Å². The third-order valence-electron chi connectivity index (χ3n) is 8.81. The molecule has 4 heterocycles. The molecule has 2 aliphatic carbocycles. The van der Waals surface area contributed by atoms with Crippen LogP contribution in [0.4, 0.5) is 11.6 Å². The molecule has 1 N–H and O–H groups in total. The SMILES string of the molecule is C[C@H]1CNCCCN1c1cc(N2CCN(C)CC2)nc(-c2onc3c2CCC[C@@]32CCCCC2=O)n1. The normalized spacial score (nSPS) is 27.8. The highest BCUT2D eigenvalue weighted by Gasteiger charge is 2.48. The first-order chi connectivity index (χ1) is 17.5. The van der Waals surface area contributed by atoms with Gasteiger partial charge < -0.3 is 24.5 Å². The Hall–Kier alpha value is -2.52. The number of carbonyl (C=O) groups excluding carboxylic acids is 1. The summed E-state index contributed by atoms with van der Waals surface area (Å²) in [6, 6.07) is 2.49. The van der Waals surface area contributed by atoms with Gasteiger partial charge in [-0.25, -0.2) is 9.97 Å². The second-order valence-corrected chi connectivity index (χ2v) is 11.2. The van der Waals surface area contributed by atoms with Gasteiger partial charge in [0.25, 0.3) is 0 Å². The summed E-state index contributed by atoms with van der Waals surface area (Å²) in [4.78, 5) is 30.4. The smallest absolute Gasteiger partial charge is 0.207 e. The van der Waals surface area contributed by atoms with Crippen molar-refractivity contribution < 1.29 is 9.32 Å². The van der Waals surface area contributed by atoms with Gasteiger partial charge in [0.1, 0.15) is 23.1 Å². The van der Waals surface area contributed by atoms with Crippen molar-refractivity contribution in [1.82, 2.24) is 25.3 Å². The lowest BCUT2D eigenvalue weighted by Crippen LogP contribution is -2.45. The maximum absolute atomic E-state index is 13.2. The molecule has 0 radical (unpaired) electrons. The zero-order valence-electron chi connectivity index (χ0n) is 21.8. The highest BCUT2D eigenvalue weighted by Crippen LogP contribution is 2.47. The van der Waals surface area contributed by atoms with Crippen LogP contribution in [0.15, 0.2) is 10.6 Å². The number of nitrogens with zero attached hydrogens (tertiary/aromatic N) is 6. The highest BCUT2D eigenvalue weighted by molar-refractivity contribution is 5.91. The van der Waals surface area contributed by atoms with E-state index in [-0.39, 0.29) is 0 Å². The van der Waals surface area contributed by atoms with Crippen LogP contribution in [0.3, 0.4) is 0 Å². The fourth-order valence-corrected chi connectivity index (χ4v) is 6.61. The molecule has 2 atom stereocenters. The Labute approximate surface area is 213 Å². The number of hydrogen-bond donors (Lipinski definition) is 1. The van der Waals surface area contributed by atoms with Crippen molar-refractivity contribution in [2.24, 2.45) is 0 Å². The van der Waals surface area contributed by atoms with E-state index in [0.29, 0.717) is 29.8 Å². The number of likely N-dealkylation sites (N-methyl/N-ethyl adjacent to an activating group) is 1. The molecule has 194 valence electrons. The molecule has 9 heteroatoms. The molecule has 0 bridgehead atoms. The van der Waals surface area contributed by atoms with E-state index in [0.717, 1.165) is 114 Å². The zero-order valence-corrected chi connectivity index (χ0v) is 21.8. The van der Waals surface area contributed by atoms with E-state index in [1.807, 2.05) is 0 Å². The molecular weight excluding hydrogens is 454 g/mol. The van der Waals surface area contributed by atoms with Gasteiger partial charge in [0.15, 0.2) is 0 Å². The molecule has 2 aliphatic heterocycles. The van der Waals surface area contributed by atoms with Gasteiger partial charge in [0.05, 0.1) is 5.41 Å². The topological polar surface area (TPSA) is 90.6 Å². The third-order valence-corrected chi connectivity index (χ3v) is 8.81. The molecule has 2 aromatic rings. The van der Waals surface area contributed by atoms with Crippen LogP contribution in [0.25, 0.3) is 11.6 Å². The Morgan fingerprint density at radius 2 is 1.81 bits per heavy atom. The summed E-state index contributed by atoms with van der Waals surface area (Å²) in [6.45, 7) is 9.08. The summed E-state index contributed by atoms with van der Waals surface area (Å²) < 4.78 is 6.05. The predicted octanol–water partition coefficient (Wildman–Crippen LogP) is 2.79. The molecule has 6 rings (SSSR count). The molecule has 1 saturated carbocycles. The van der Waals surface area contributed by atoms with Crippen LogP contribution < -0.4 is 15.1 Å². The number of rotatable bonds is 3. The molecule has 2 aromatic heterocycles. The lowest BCUT2D eigenvalue weighted by Gasteiger charge is -2.37. The summed E-state index contributed by atoms with van der Waals surface area (Å²) in [7, 11) is 2.17. The second kappa shape index (κ2) is 9.74. The predicted molar refractivity (Wildman–Crippen MR) is 140 cm³/mol. The molecule has 1 spiro atoms. The molecule has 4 aliphatic rings. The van der Waals surface area contributed by atoms with Gasteiger partial charge >= 0.3 is 0 Å². The maximum Gasteiger partial charge on any atom is 0.207 e. The van der Waals surface area contributed by atoms with Gasteiger partial charge in [-0.05, 0) is 59.0 Å². The summed E-state index contributed by atoms with van der Waals surface area (Å²) in [5.74, 6) is 3.53. The average molecular weight is 494 g/mol. The van der Waals surface area contributed by atoms with E-state index >= 15 is 0 Å². The minimum absolute atomic E-state index is 0.336. The summed E-state index contributed by atoms with van der Waals surface area (Å²) in [6.07, 6.45) is 7.42. The van der Waals surface area contributed by atoms with Crippen LogP contribution in [-0.4, -0.2) is 84.7 Å².